The first-order chi connectivity index (χ1) is 11.1. The van der Waals surface area contributed by atoms with Gasteiger partial charge in [0, 0.05) is 4.88 Å². The monoisotopic (exact) mass is 331 g/mol. The van der Waals surface area contributed by atoms with Gasteiger partial charge in [0.25, 0.3) is 5.91 Å². The Balaban J connectivity index is 1.92. The first kappa shape index (κ1) is 17.1. The van der Waals surface area contributed by atoms with E-state index in [4.69, 9.17) is 9.47 Å². The molecule has 1 N–H and O–H groups in total. The molecule has 1 atom stereocenters. The Hall–Kier alpha value is -2.27. The normalized spacial score (nSPS) is 11.6. The van der Waals surface area contributed by atoms with Gasteiger partial charge in [-0.25, -0.2) is 0 Å². The number of nitrogens with one attached hydrogen (secondary N) is 1. The molecule has 1 aromatic carbocycles. The molecule has 0 aliphatic carbocycles. The van der Waals surface area contributed by atoms with Gasteiger partial charge in [-0.3, -0.25) is 4.79 Å². The summed E-state index contributed by atoms with van der Waals surface area (Å²) >= 11 is 1.62. The fraction of sp³-hybridized carbons (Fsp3) is 0.278. The molecule has 0 radical (unpaired) electrons. The highest BCUT2D eigenvalue weighted by Gasteiger charge is 2.12. The lowest BCUT2D eigenvalue weighted by Gasteiger charge is -2.14. The first-order valence-corrected chi connectivity index (χ1v) is 8.25. The predicted molar refractivity (Wildman–Crippen MR) is 93.3 cm³/mol. The van der Waals surface area contributed by atoms with Gasteiger partial charge in [-0.15, -0.1) is 17.9 Å². The molecule has 0 bridgehead atoms. The van der Waals surface area contributed by atoms with Gasteiger partial charge in [0.1, 0.15) is 0 Å². The Bertz CT molecular complexity index is 652. The molecule has 4 nitrogen and oxygen atoms in total. The highest BCUT2D eigenvalue weighted by Crippen LogP contribution is 2.28. The van der Waals surface area contributed by atoms with E-state index in [-0.39, 0.29) is 18.6 Å². The van der Waals surface area contributed by atoms with Crippen LogP contribution in [0.15, 0.2) is 48.4 Å². The third kappa shape index (κ3) is 4.86. The van der Waals surface area contributed by atoms with Crippen LogP contribution in [0.4, 0.5) is 0 Å². The molecule has 1 unspecified atom stereocenters. The third-order valence-electron chi connectivity index (χ3n) is 3.31. The minimum atomic E-state index is -0.164. The number of rotatable bonds is 8. The number of hydrogen-bond acceptors (Lipinski definition) is 4. The van der Waals surface area contributed by atoms with E-state index in [0.717, 1.165) is 16.9 Å². The van der Waals surface area contributed by atoms with Crippen LogP contribution in [0.1, 0.15) is 23.4 Å². The summed E-state index contributed by atoms with van der Waals surface area (Å²) in [7, 11) is 1.58. The highest BCUT2D eigenvalue weighted by molar-refractivity contribution is 7.10. The lowest BCUT2D eigenvalue weighted by Crippen LogP contribution is -2.30. The van der Waals surface area contributed by atoms with Crippen molar-refractivity contribution in [2.45, 2.75) is 19.4 Å². The second kappa shape index (κ2) is 8.39. The Labute approximate surface area is 140 Å². The van der Waals surface area contributed by atoms with Gasteiger partial charge < -0.3 is 14.8 Å². The number of carbonyl (C=O) groups excluding carboxylic acids is 1. The molecule has 5 heteroatoms. The van der Waals surface area contributed by atoms with Gasteiger partial charge in [0.2, 0.25) is 0 Å². The van der Waals surface area contributed by atoms with Crippen LogP contribution >= 0.6 is 11.3 Å². The second-order valence-corrected chi connectivity index (χ2v) is 6.05. The SMILES string of the molecule is C=CCc1ccc(OCC(=O)NC(C)c2cccs2)c(OC)c1. The Morgan fingerprint density at radius 3 is 2.87 bits per heavy atom. The Morgan fingerprint density at radius 1 is 1.39 bits per heavy atom. The summed E-state index contributed by atoms with van der Waals surface area (Å²) in [5, 5.41) is 4.90. The molecule has 23 heavy (non-hydrogen) atoms. The molecular formula is C18H21NO3S. The van der Waals surface area contributed by atoms with E-state index in [0.29, 0.717) is 11.5 Å². The first-order valence-electron chi connectivity index (χ1n) is 7.37. The molecule has 2 rings (SSSR count). The summed E-state index contributed by atoms with van der Waals surface area (Å²) < 4.78 is 10.9. The zero-order valence-corrected chi connectivity index (χ0v) is 14.2. The molecule has 0 aliphatic heterocycles. The van der Waals surface area contributed by atoms with Gasteiger partial charge in [0.15, 0.2) is 18.1 Å². The summed E-state index contributed by atoms with van der Waals surface area (Å²) in [6, 6.07) is 9.58. The third-order valence-corrected chi connectivity index (χ3v) is 4.37. The van der Waals surface area contributed by atoms with E-state index < -0.39 is 0 Å². The summed E-state index contributed by atoms with van der Waals surface area (Å²) in [5.41, 5.74) is 1.08. The molecule has 0 aliphatic rings. The van der Waals surface area contributed by atoms with Crippen molar-refractivity contribution in [2.24, 2.45) is 0 Å². The van der Waals surface area contributed by atoms with Gasteiger partial charge in [-0.2, -0.15) is 0 Å². The molecular weight excluding hydrogens is 310 g/mol. The standard InChI is InChI=1S/C18H21NO3S/c1-4-6-14-8-9-15(16(11-14)21-3)22-12-18(20)19-13(2)17-7-5-10-23-17/h4-5,7-11,13H,1,6,12H2,2-3H3,(H,19,20). The maximum atomic E-state index is 12.0. The van der Waals surface area contributed by atoms with Gasteiger partial charge >= 0.3 is 0 Å². The van der Waals surface area contributed by atoms with Crippen molar-refractivity contribution in [1.29, 1.82) is 0 Å². The Kier molecular flexibility index (Phi) is 6.23. The fourth-order valence-corrected chi connectivity index (χ4v) is 2.89. The molecule has 1 amide bonds. The number of methoxy groups -OCH3 is 1. The van der Waals surface area contributed by atoms with Crippen LogP contribution in [0.5, 0.6) is 11.5 Å². The largest absolute Gasteiger partial charge is 0.493 e. The fourth-order valence-electron chi connectivity index (χ4n) is 2.16. The van der Waals surface area contributed by atoms with Crippen LogP contribution in [-0.2, 0) is 11.2 Å². The smallest absolute Gasteiger partial charge is 0.258 e. The van der Waals surface area contributed by atoms with E-state index in [1.54, 1.807) is 18.4 Å². The van der Waals surface area contributed by atoms with Crippen molar-refractivity contribution >= 4 is 17.2 Å². The van der Waals surface area contributed by atoms with Crippen molar-refractivity contribution in [3.05, 3.63) is 58.8 Å². The van der Waals surface area contributed by atoms with Crippen LogP contribution < -0.4 is 14.8 Å². The Morgan fingerprint density at radius 2 is 2.22 bits per heavy atom. The van der Waals surface area contributed by atoms with Crippen molar-refractivity contribution in [1.82, 2.24) is 5.32 Å². The molecule has 0 fully saturated rings. The molecule has 0 saturated heterocycles. The number of thiophene rings is 1. The van der Waals surface area contributed by atoms with Gasteiger partial charge in [-0.05, 0) is 42.5 Å². The van der Waals surface area contributed by atoms with Crippen molar-refractivity contribution in [3.63, 3.8) is 0 Å². The highest BCUT2D eigenvalue weighted by atomic mass is 32.1. The number of benzene rings is 1. The quantitative estimate of drug-likeness (QED) is 0.750. The van der Waals surface area contributed by atoms with Crippen LogP contribution in [-0.4, -0.2) is 19.6 Å². The van der Waals surface area contributed by atoms with Crippen molar-refractivity contribution in [2.75, 3.05) is 13.7 Å². The molecule has 122 valence electrons. The zero-order valence-electron chi connectivity index (χ0n) is 13.4. The summed E-state index contributed by atoms with van der Waals surface area (Å²) in [4.78, 5) is 13.1. The van der Waals surface area contributed by atoms with E-state index in [2.05, 4.69) is 11.9 Å². The van der Waals surface area contributed by atoms with Gasteiger partial charge in [-0.1, -0.05) is 18.2 Å². The van der Waals surface area contributed by atoms with Crippen molar-refractivity contribution < 1.29 is 14.3 Å². The van der Waals surface area contributed by atoms with E-state index in [1.165, 1.54) is 0 Å². The number of ether oxygens (including phenoxy) is 2. The second-order valence-electron chi connectivity index (χ2n) is 5.07. The average molecular weight is 331 g/mol. The zero-order chi connectivity index (χ0) is 16.7. The van der Waals surface area contributed by atoms with Crippen LogP contribution in [0, 0.1) is 0 Å². The number of allylic oxidation sites excluding steroid dienone is 1. The van der Waals surface area contributed by atoms with Crippen LogP contribution in [0.3, 0.4) is 0 Å². The summed E-state index contributed by atoms with van der Waals surface area (Å²) in [6.45, 7) is 5.62. The molecule has 2 aromatic rings. The molecule has 0 spiro atoms. The molecule has 0 saturated carbocycles. The topological polar surface area (TPSA) is 47.6 Å². The van der Waals surface area contributed by atoms with E-state index in [9.17, 15) is 4.79 Å². The summed E-state index contributed by atoms with van der Waals surface area (Å²) in [6.07, 6.45) is 2.59. The van der Waals surface area contributed by atoms with Crippen molar-refractivity contribution in [3.8, 4) is 11.5 Å². The van der Waals surface area contributed by atoms with E-state index in [1.807, 2.05) is 48.7 Å². The van der Waals surface area contributed by atoms with Crippen LogP contribution in [0.25, 0.3) is 0 Å². The van der Waals surface area contributed by atoms with Gasteiger partial charge in [0.05, 0.1) is 13.2 Å². The summed E-state index contributed by atoms with van der Waals surface area (Å²) in [5.74, 6) is 1.01. The molecule has 1 heterocycles. The number of amides is 1. The number of hydrogen-bond donors (Lipinski definition) is 1. The predicted octanol–water partition coefficient (Wildman–Crippen LogP) is 3.74. The van der Waals surface area contributed by atoms with E-state index >= 15 is 0 Å². The maximum absolute atomic E-state index is 12.0. The van der Waals surface area contributed by atoms with Crippen LogP contribution in [0.2, 0.25) is 0 Å². The average Bonchev–Trinajstić information content (AvgIpc) is 3.08. The number of carbonyl (C=O) groups is 1. The maximum Gasteiger partial charge on any atom is 0.258 e. The minimum Gasteiger partial charge on any atom is -0.493 e. The molecule has 1 aromatic heterocycles. The lowest BCUT2D eigenvalue weighted by atomic mass is 10.1. The lowest BCUT2D eigenvalue weighted by molar-refractivity contribution is -0.123. The minimum absolute atomic E-state index is 0.0250.